The summed E-state index contributed by atoms with van der Waals surface area (Å²) in [6.07, 6.45) is -7.80. The molecule has 15 nitrogen and oxygen atoms in total. The standard InChI is InChI=1S/C22H30Cl3NO14/c1-10(7-15(30)34-5)22(33)21(18(31)35-6,26-19(32)37-9-20(23,24)25)17(39-13(4)29)16(38-12(3)28)14(40-22)8-36-11(2)27/h10,14,16-17,33H,7-9H2,1-6H3,(H,26,32)/t10?,14-,16-,17+,21+,22+/m1/s1. The van der Waals surface area contributed by atoms with Crippen LogP contribution in [-0.2, 0) is 57.1 Å². The van der Waals surface area contributed by atoms with Gasteiger partial charge in [-0.15, -0.1) is 0 Å². The third-order valence-electron chi connectivity index (χ3n) is 5.58. The Morgan fingerprint density at radius 1 is 0.950 bits per heavy atom. The van der Waals surface area contributed by atoms with Crippen LogP contribution in [0.2, 0.25) is 0 Å². The van der Waals surface area contributed by atoms with Crippen LogP contribution in [0.5, 0.6) is 0 Å². The van der Waals surface area contributed by atoms with Crippen LogP contribution < -0.4 is 5.32 Å². The van der Waals surface area contributed by atoms with E-state index in [1.807, 2.05) is 5.32 Å². The Morgan fingerprint density at radius 3 is 1.98 bits per heavy atom. The Balaban J connectivity index is 4.01. The van der Waals surface area contributed by atoms with Crippen LogP contribution >= 0.6 is 34.8 Å². The summed E-state index contributed by atoms with van der Waals surface area (Å²) in [6.45, 7) is 2.53. The number of ether oxygens (including phenoxy) is 7. The molecule has 1 rings (SSSR count). The molecule has 0 aromatic carbocycles. The van der Waals surface area contributed by atoms with Crippen LogP contribution in [0, 0.1) is 5.92 Å². The first-order chi connectivity index (χ1) is 18.3. The highest BCUT2D eigenvalue weighted by Gasteiger charge is 2.74. The predicted molar refractivity (Wildman–Crippen MR) is 133 cm³/mol. The van der Waals surface area contributed by atoms with Crippen LogP contribution in [0.4, 0.5) is 4.79 Å². The lowest BCUT2D eigenvalue weighted by Gasteiger charge is -2.56. The van der Waals surface area contributed by atoms with Gasteiger partial charge in [0.05, 0.1) is 20.6 Å². The van der Waals surface area contributed by atoms with Crippen molar-refractivity contribution < 1.29 is 67.0 Å². The first-order valence-electron chi connectivity index (χ1n) is 11.4. The molecule has 6 atom stereocenters. The quantitative estimate of drug-likeness (QED) is 0.192. The molecular formula is C22H30Cl3NO14. The lowest BCUT2D eigenvalue weighted by molar-refractivity contribution is -0.360. The molecule has 0 spiro atoms. The minimum absolute atomic E-state index is 0.651. The molecule has 0 aromatic heterocycles. The second-order valence-electron chi connectivity index (χ2n) is 8.56. The maximum absolute atomic E-state index is 13.6. The van der Waals surface area contributed by atoms with E-state index >= 15 is 0 Å². The number of halogens is 3. The highest BCUT2D eigenvalue weighted by Crippen LogP contribution is 2.46. The lowest BCUT2D eigenvalue weighted by atomic mass is 9.70. The van der Waals surface area contributed by atoms with Gasteiger partial charge in [-0.05, 0) is 0 Å². The number of rotatable bonds is 10. The average molecular weight is 639 g/mol. The Kier molecular flexibility index (Phi) is 12.7. The molecule has 18 heteroatoms. The second kappa shape index (κ2) is 14.3. The molecule has 40 heavy (non-hydrogen) atoms. The fourth-order valence-electron chi connectivity index (χ4n) is 3.98. The number of methoxy groups -OCH3 is 2. The number of alkyl carbamates (subject to hydrolysis) is 1. The molecule has 1 aliphatic heterocycles. The minimum Gasteiger partial charge on any atom is -0.469 e. The summed E-state index contributed by atoms with van der Waals surface area (Å²) in [5.41, 5.74) is -3.03. The van der Waals surface area contributed by atoms with E-state index in [1.165, 1.54) is 6.92 Å². The maximum atomic E-state index is 13.6. The maximum Gasteiger partial charge on any atom is 0.408 e. The number of aliphatic hydroxyl groups is 1. The van der Waals surface area contributed by atoms with E-state index in [9.17, 15) is 33.9 Å². The number of hydrogen-bond acceptors (Lipinski definition) is 14. The number of esters is 5. The third-order valence-corrected chi connectivity index (χ3v) is 5.90. The Morgan fingerprint density at radius 2 is 1.52 bits per heavy atom. The fourth-order valence-corrected chi connectivity index (χ4v) is 4.15. The van der Waals surface area contributed by atoms with Crippen molar-refractivity contribution in [3.63, 3.8) is 0 Å². The van der Waals surface area contributed by atoms with Gasteiger partial charge in [-0.3, -0.25) is 24.5 Å². The van der Waals surface area contributed by atoms with Crippen molar-refractivity contribution in [2.45, 2.75) is 67.5 Å². The van der Waals surface area contributed by atoms with Crippen molar-refractivity contribution in [3.8, 4) is 0 Å². The van der Waals surface area contributed by atoms with Crippen molar-refractivity contribution in [1.29, 1.82) is 0 Å². The second-order valence-corrected chi connectivity index (χ2v) is 11.1. The number of nitrogens with one attached hydrogen (secondary N) is 1. The van der Waals surface area contributed by atoms with Crippen molar-refractivity contribution in [2.75, 3.05) is 27.4 Å². The molecule has 0 radical (unpaired) electrons. The number of hydrogen-bond donors (Lipinski definition) is 2. The van der Waals surface area contributed by atoms with E-state index in [-0.39, 0.29) is 0 Å². The monoisotopic (exact) mass is 637 g/mol. The summed E-state index contributed by atoms with van der Waals surface area (Å²) < 4.78 is 33.6. The van der Waals surface area contributed by atoms with Gasteiger partial charge in [0.25, 0.3) is 0 Å². The van der Waals surface area contributed by atoms with Crippen LogP contribution in [0.1, 0.15) is 34.1 Å². The van der Waals surface area contributed by atoms with Crippen molar-refractivity contribution >= 4 is 70.7 Å². The lowest BCUT2D eigenvalue weighted by Crippen LogP contribution is -2.84. The number of amides is 1. The van der Waals surface area contributed by atoms with Gasteiger partial charge in [-0.2, -0.15) is 0 Å². The van der Waals surface area contributed by atoms with E-state index in [1.54, 1.807) is 0 Å². The van der Waals surface area contributed by atoms with Crippen LogP contribution in [0.3, 0.4) is 0 Å². The molecule has 1 heterocycles. The highest BCUT2D eigenvalue weighted by atomic mass is 35.6. The van der Waals surface area contributed by atoms with E-state index in [0.717, 1.165) is 35.0 Å². The molecule has 2 N–H and O–H groups in total. The third kappa shape index (κ3) is 8.70. The summed E-state index contributed by atoms with van der Waals surface area (Å²) in [7, 11) is 1.89. The van der Waals surface area contributed by atoms with Gasteiger partial charge < -0.3 is 38.3 Å². The smallest absolute Gasteiger partial charge is 0.408 e. The Hall–Kier alpha value is -2.59. The summed E-state index contributed by atoms with van der Waals surface area (Å²) in [4.78, 5) is 74.6. The van der Waals surface area contributed by atoms with E-state index in [0.29, 0.717) is 0 Å². The van der Waals surface area contributed by atoms with Gasteiger partial charge >= 0.3 is 35.9 Å². The zero-order chi connectivity index (χ0) is 31.1. The van der Waals surface area contributed by atoms with E-state index in [2.05, 4.69) is 4.74 Å². The molecule has 1 fully saturated rings. The van der Waals surface area contributed by atoms with Gasteiger partial charge in [0, 0.05) is 26.7 Å². The Labute approximate surface area is 243 Å². The molecule has 0 saturated carbocycles. The van der Waals surface area contributed by atoms with Crippen molar-refractivity contribution in [2.24, 2.45) is 5.92 Å². The van der Waals surface area contributed by atoms with Gasteiger partial charge in [0.15, 0.2) is 12.2 Å². The molecule has 1 amide bonds. The van der Waals surface area contributed by atoms with Gasteiger partial charge in [0.2, 0.25) is 15.1 Å². The van der Waals surface area contributed by atoms with Crippen molar-refractivity contribution in [1.82, 2.24) is 5.32 Å². The van der Waals surface area contributed by atoms with Crippen LogP contribution in [0.25, 0.3) is 0 Å². The molecule has 0 aromatic rings. The summed E-state index contributed by atoms with van der Waals surface area (Å²) in [6, 6.07) is 0. The van der Waals surface area contributed by atoms with Gasteiger partial charge in [-0.1, -0.05) is 41.7 Å². The number of alkyl halides is 3. The first kappa shape index (κ1) is 35.4. The van der Waals surface area contributed by atoms with Crippen LogP contribution in [0.15, 0.2) is 0 Å². The van der Waals surface area contributed by atoms with Gasteiger partial charge in [-0.25, -0.2) is 9.59 Å². The molecule has 228 valence electrons. The fraction of sp³-hybridized carbons (Fsp3) is 0.727. The van der Waals surface area contributed by atoms with E-state index in [4.69, 9.17) is 63.2 Å². The van der Waals surface area contributed by atoms with Crippen LogP contribution in [-0.4, -0.2) is 102 Å². The SMILES string of the molecule is COC(=O)CC(C)[C@]1(O)O[C@H](COC(C)=O)[C@@H](OC(C)=O)[C@H](OC(C)=O)[C@]1(NC(=O)OCC(Cl)(Cl)Cl)C(=O)OC. The number of carbonyl (C=O) groups excluding carboxylic acids is 6. The van der Waals surface area contributed by atoms with E-state index < -0.39 is 94.9 Å². The Bertz CT molecular complexity index is 988. The minimum atomic E-state index is -3.05. The molecule has 1 unspecified atom stereocenters. The highest BCUT2D eigenvalue weighted by molar-refractivity contribution is 6.67. The largest absolute Gasteiger partial charge is 0.469 e. The molecular weight excluding hydrogens is 609 g/mol. The number of carbonyl (C=O) groups is 6. The predicted octanol–water partition coefficient (Wildman–Crippen LogP) is 0.708. The van der Waals surface area contributed by atoms with Gasteiger partial charge in [0.1, 0.15) is 19.3 Å². The first-order valence-corrected chi connectivity index (χ1v) is 12.5. The molecule has 0 aliphatic carbocycles. The average Bonchev–Trinajstić information content (AvgIpc) is 2.83. The molecule has 1 saturated heterocycles. The summed E-state index contributed by atoms with van der Waals surface area (Å²) in [5, 5.41) is 14.1. The zero-order valence-electron chi connectivity index (χ0n) is 22.3. The van der Waals surface area contributed by atoms with Crippen molar-refractivity contribution in [3.05, 3.63) is 0 Å². The zero-order valence-corrected chi connectivity index (χ0v) is 24.6. The summed E-state index contributed by atoms with van der Waals surface area (Å²) in [5.74, 6) is -9.85. The molecule has 1 aliphatic rings. The summed E-state index contributed by atoms with van der Waals surface area (Å²) >= 11 is 16.9. The topological polar surface area (TPSA) is 199 Å². The normalized spacial score (nSPS) is 26.9. The molecule has 0 bridgehead atoms.